The molecule has 1 aromatic heterocycles. The van der Waals surface area contributed by atoms with Crippen molar-refractivity contribution >= 4 is 11.3 Å². The van der Waals surface area contributed by atoms with E-state index in [0.29, 0.717) is 6.04 Å². The highest BCUT2D eigenvalue weighted by Crippen LogP contribution is 2.30. The van der Waals surface area contributed by atoms with Gasteiger partial charge in [-0.15, -0.1) is 11.3 Å². The first-order valence-corrected chi connectivity index (χ1v) is 8.09. The van der Waals surface area contributed by atoms with Gasteiger partial charge in [0.15, 0.2) is 0 Å². The molecule has 2 atom stereocenters. The Labute approximate surface area is 121 Å². The van der Waals surface area contributed by atoms with Crippen LogP contribution in [0.2, 0.25) is 0 Å². The van der Waals surface area contributed by atoms with Gasteiger partial charge in [-0.1, -0.05) is 13.8 Å². The van der Waals surface area contributed by atoms with Gasteiger partial charge >= 0.3 is 0 Å². The number of hydrogen-bond donors (Lipinski definition) is 1. The summed E-state index contributed by atoms with van der Waals surface area (Å²) < 4.78 is 5.49. The van der Waals surface area contributed by atoms with E-state index in [1.807, 2.05) is 18.3 Å². The average Bonchev–Trinajstić information content (AvgIpc) is 2.83. The quantitative estimate of drug-likeness (QED) is 0.708. The standard InChI is InChI=1S/C15H28N2OS/c1-5-13(16)15(14-9-8-12(4)19-14)17(6-2)10-11-18-7-3/h8-9,13,15H,5-7,10-11,16H2,1-4H3. The molecule has 0 fully saturated rings. The Morgan fingerprint density at radius 1 is 1.32 bits per heavy atom. The maximum absolute atomic E-state index is 6.36. The number of hydrogen-bond acceptors (Lipinski definition) is 4. The van der Waals surface area contributed by atoms with E-state index in [0.717, 1.165) is 32.7 Å². The maximum Gasteiger partial charge on any atom is 0.0594 e. The van der Waals surface area contributed by atoms with Crippen LogP contribution in [0.15, 0.2) is 12.1 Å². The lowest BCUT2D eigenvalue weighted by atomic mass is 10.0. The number of aryl methyl sites for hydroxylation is 1. The first-order valence-electron chi connectivity index (χ1n) is 7.27. The normalized spacial score (nSPS) is 14.8. The zero-order chi connectivity index (χ0) is 14.3. The Morgan fingerprint density at radius 2 is 2.05 bits per heavy atom. The van der Waals surface area contributed by atoms with Gasteiger partial charge in [0.2, 0.25) is 0 Å². The fourth-order valence-electron chi connectivity index (χ4n) is 2.32. The molecular formula is C15H28N2OS. The molecule has 0 aromatic carbocycles. The summed E-state index contributed by atoms with van der Waals surface area (Å²) in [7, 11) is 0. The van der Waals surface area contributed by atoms with Crippen LogP contribution in [0.1, 0.15) is 43.0 Å². The van der Waals surface area contributed by atoms with Gasteiger partial charge in [-0.2, -0.15) is 0 Å². The summed E-state index contributed by atoms with van der Waals surface area (Å²) in [5.41, 5.74) is 6.36. The molecule has 0 spiro atoms. The van der Waals surface area contributed by atoms with E-state index < -0.39 is 0 Å². The Hall–Kier alpha value is -0.420. The molecule has 2 N–H and O–H groups in total. The Balaban J connectivity index is 2.81. The third-order valence-electron chi connectivity index (χ3n) is 3.46. The predicted molar refractivity (Wildman–Crippen MR) is 83.8 cm³/mol. The van der Waals surface area contributed by atoms with E-state index in [4.69, 9.17) is 10.5 Å². The smallest absolute Gasteiger partial charge is 0.0594 e. The van der Waals surface area contributed by atoms with E-state index in [9.17, 15) is 0 Å². The minimum atomic E-state index is 0.180. The summed E-state index contributed by atoms with van der Waals surface area (Å²) in [6, 6.07) is 4.91. The summed E-state index contributed by atoms with van der Waals surface area (Å²) >= 11 is 1.86. The highest BCUT2D eigenvalue weighted by Gasteiger charge is 2.25. The molecule has 110 valence electrons. The number of nitrogens with two attached hydrogens (primary N) is 1. The van der Waals surface area contributed by atoms with E-state index in [2.05, 4.69) is 37.8 Å². The topological polar surface area (TPSA) is 38.5 Å². The van der Waals surface area contributed by atoms with Crippen LogP contribution in [0.25, 0.3) is 0 Å². The molecule has 0 radical (unpaired) electrons. The average molecular weight is 284 g/mol. The van der Waals surface area contributed by atoms with Crippen LogP contribution in [0, 0.1) is 6.92 Å². The first kappa shape index (κ1) is 16.6. The fraction of sp³-hybridized carbons (Fsp3) is 0.733. The van der Waals surface area contributed by atoms with Gasteiger partial charge in [-0.3, -0.25) is 4.90 Å². The van der Waals surface area contributed by atoms with E-state index in [1.54, 1.807) is 0 Å². The highest BCUT2D eigenvalue weighted by atomic mass is 32.1. The predicted octanol–water partition coefficient (Wildman–Crippen LogP) is 3.19. The minimum absolute atomic E-state index is 0.180. The highest BCUT2D eigenvalue weighted by molar-refractivity contribution is 7.12. The molecule has 0 amide bonds. The van der Waals surface area contributed by atoms with Crippen LogP contribution in [-0.2, 0) is 4.74 Å². The second-order valence-corrected chi connectivity index (χ2v) is 6.11. The van der Waals surface area contributed by atoms with Gasteiger partial charge in [-0.25, -0.2) is 0 Å². The summed E-state index contributed by atoms with van der Waals surface area (Å²) in [6.45, 7) is 12.0. The second-order valence-electron chi connectivity index (χ2n) is 4.79. The number of likely N-dealkylation sites (N-methyl/N-ethyl adjacent to an activating group) is 1. The van der Waals surface area contributed by atoms with Gasteiger partial charge in [0.05, 0.1) is 12.6 Å². The lowest BCUT2D eigenvalue weighted by Gasteiger charge is -2.33. The number of nitrogens with zero attached hydrogens (tertiary/aromatic N) is 1. The van der Waals surface area contributed by atoms with Crippen molar-refractivity contribution in [2.75, 3.05) is 26.3 Å². The Morgan fingerprint density at radius 3 is 2.53 bits per heavy atom. The van der Waals surface area contributed by atoms with Crippen LogP contribution in [-0.4, -0.2) is 37.2 Å². The molecule has 0 saturated carbocycles. The summed E-state index contributed by atoms with van der Waals surface area (Å²) in [5, 5.41) is 0. The van der Waals surface area contributed by atoms with Crippen molar-refractivity contribution in [3.05, 3.63) is 21.9 Å². The van der Waals surface area contributed by atoms with Gasteiger partial charge in [-0.05, 0) is 38.9 Å². The molecule has 0 bridgehead atoms. The van der Waals surface area contributed by atoms with Crippen molar-refractivity contribution in [3.63, 3.8) is 0 Å². The molecule has 1 heterocycles. The van der Waals surface area contributed by atoms with Crippen LogP contribution in [0.4, 0.5) is 0 Å². The van der Waals surface area contributed by atoms with Gasteiger partial charge < -0.3 is 10.5 Å². The number of ether oxygens (including phenoxy) is 1. The summed E-state index contributed by atoms with van der Waals surface area (Å²) in [4.78, 5) is 5.17. The monoisotopic (exact) mass is 284 g/mol. The summed E-state index contributed by atoms with van der Waals surface area (Å²) in [6.07, 6.45) is 0.993. The van der Waals surface area contributed by atoms with Crippen LogP contribution < -0.4 is 5.73 Å². The summed E-state index contributed by atoms with van der Waals surface area (Å²) in [5.74, 6) is 0. The van der Waals surface area contributed by atoms with Gasteiger partial charge in [0, 0.05) is 28.9 Å². The first-order chi connectivity index (χ1) is 9.13. The van der Waals surface area contributed by atoms with Gasteiger partial charge in [0.25, 0.3) is 0 Å². The maximum atomic E-state index is 6.36. The van der Waals surface area contributed by atoms with E-state index >= 15 is 0 Å². The molecule has 1 aromatic rings. The van der Waals surface area contributed by atoms with Crippen molar-refractivity contribution in [1.82, 2.24) is 4.90 Å². The number of rotatable bonds is 9. The second kappa shape index (κ2) is 8.69. The lowest BCUT2D eigenvalue weighted by Crippen LogP contribution is -2.42. The molecular weight excluding hydrogens is 256 g/mol. The molecule has 0 aliphatic carbocycles. The molecule has 3 nitrogen and oxygen atoms in total. The molecule has 0 aliphatic heterocycles. The van der Waals surface area contributed by atoms with E-state index in [-0.39, 0.29) is 6.04 Å². The molecule has 0 saturated heterocycles. The molecule has 4 heteroatoms. The lowest BCUT2D eigenvalue weighted by molar-refractivity contribution is 0.0898. The zero-order valence-electron chi connectivity index (χ0n) is 12.7. The van der Waals surface area contributed by atoms with Crippen LogP contribution in [0.5, 0.6) is 0 Å². The van der Waals surface area contributed by atoms with Crippen molar-refractivity contribution in [1.29, 1.82) is 0 Å². The molecule has 2 unspecified atom stereocenters. The molecule has 19 heavy (non-hydrogen) atoms. The Bertz CT molecular complexity index is 354. The third-order valence-corrected chi connectivity index (χ3v) is 4.53. The SMILES string of the molecule is CCOCCN(CC)C(c1ccc(C)s1)C(N)CC. The van der Waals surface area contributed by atoms with Crippen molar-refractivity contribution in [2.45, 2.75) is 46.2 Å². The molecule has 0 aliphatic rings. The zero-order valence-corrected chi connectivity index (χ0v) is 13.5. The third kappa shape index (κ3) is 4.88. The largest absolute Gasteiger partial charge is 0.380 e. The van der Waals surface area contributed by atoms with Crippen LogP contribution >= 0.6 is 11.3 Å². The molecule has 1 rings (SSSR count). The minimum Gasteiger partial charge on any atom is -0.380 e. The van der Waals surface area contributed by atoms with Crippen LogP contribution in [0.3, 0.4) is 0 Å². The fourth-order valence-corrected chi connectivity index (χ4v) is 3.41. The Kier molecular flexibility index (Phi) is 7.61. The van der Waals surface area contributed by atoms with Crippen molar-refractivity contribution in [3.8, 4) is 0 Å². The van der Waals surface area contributed by atoms with Crippen molar-refractivity contribution < 1.29 is 4.74 Å². The van der Waals surface area contributed by atoms with Crippen molar-refractivity contribution in [2.24, 2.45) is 5.73 Å². The van der Waals surface area contributed by atoms with Gasteiger partial charge in [0.1, 0.15) is 0 Å². The number of thiophene rings is 1. The van der Waals surface area contributed by atoms with E-state index in [1.165, 1.54) is 9.75 Å².